The molecule has 0 amide bonds. The SMILES string of the molecule is C=Cn1ccnc1C(O)C(O)(c1ccccc1)c1ccccc1. The number of aromatic nitrogens is 2. The van der Waals surface area contributed by atoms with Gasteiger partial charge < -0.3 is 14.8 Å². The fourth-order valence-corrected chi connectivity index (χ4v) is 2.74. The Hall–Kier alpha value is -2.69. The van der Waals surface area contributed by atoms with Gasteiger partial charge in [0.05, 0.1) is 0 Å². The van der Waals surface area contributed by atoms with Gasteiger partial charge in [-0.05, 0) is 11.1 Å². The lowest BCUT2D eigenvalue weighted by Gasteiger charge is -2.33. The Morgan fingerprint density at radius 1 is 1.00 bits per heavy atom. The van der Waals surface area contributed by atoms with E-state index in [2.05, 4.69) is 11.6 Å². The molecule has 4 nitrogen and oxygen atoms in total. The summed E-state index contributed by atoms with van der Waals surface area (Å²) in [6, 6.07) is 18.2. The van der Waals surface area contributed by atoms with Crippen molar-refractivity contribution in [1.82, 2.24) is 9.55 Å². The van der Waals surface area contributed by atoms with Crippen molar-refractivity contribution in [2.75, 3.05) is 0 Å². The summed E-state index contributed by atoms with van der Waals surface area (Å²) in [4.78, 5) is 4.19. The van der Waals surface area contributed by atoms with Crippen molar-refractivity contribution in [3.63, 3.8) is 0 Å². The van der Waals surface area contributed by atoms with Crippen LogP contribution in [0.4, 0.5) is 0 Å². The molecule has 0 fully saturated rings. The van der Waals surface area contributed by atoms with E-state index >= 15 is 0 Å². The molecule has 3 rings (SSSR count). The van der Waals surface area contributed by atoms with Crippen molar-refractivity contribution < 1.29 is 10.2 Å². The van der Waals surface area contributed by atoms with E-state index in [1.54, 1.807) is 47.4 Å². The third kappa shape index (κ3) is 2.59. The van der Waals surface area contributed by atoms with Crippen LogP contribution in [0, 0.1) is 0 Å². The fourth-order valence-electron chi connectivity index (χ4n) is 2.74. The van der Waals surface area contributed by atoms with Gasteiger partial charge in [0.2, 0.25) is 0 Å². The first kappa shape index (κ1) is 15.2. The number of aliphatic hydroxyl groups excluding tert-OH is 1. The molecular weight excluding hydrogens is 288 g/mol. The molecule has 1 unspecified atom stereocenters. The zero-order chi connectivity index (χ0) is 16.3. The first-order valence-corrected chi connectivity index (χ1v) is 7.34. The van der Waals surface area contributed by atoms with Crippen molar-refractivity contribution in [2.24, 2.45) is 0 Å². The number of benzene rings is 2. The van der Waals surface area contributed by atoms with Gasteiger partial charge in [-0.15, -0.1) is 0 Å². The van der Waals surface area contributed by atoms with Crippen molar-refractivity contribution in [2.45, 2.75) is 11.7 Å². The van der Waals surface area contributed by atoms with Crippen LogP contribution in [0.25, 0.3) is 6.20 Å². The molecule has 1 atom stereocenters. The predicted octanol–water partition coefficient (Wildman–Crippen LogP) is 2.95. The zero-order valence-electron chi connectivity index (χ0n) is 12.6. The number of imidazole rings is 1. The van der Waals surface area contributed by atoms with Crippen LogP contribution in [-0.2, 0) is 5.60 Å². The molecule has 0 radical (unpaired) electrons. The maximum absolute atomic E-state index is 11.5. The molecule has 0 aliphatic rings. The first-order valence-electron chi connectivity index (χ1n) is 7.34. The van der Waals surface area contributed by atoms with Gasteiger partial charge in [0.1, 0.15) is 17.5 Å². The van der Waals surface area contributed by atoms with Gasteiger partial charge in [0.25, 0.3) is 0 Å². The maximum atomic E-state index is 11.5. The summed E-state index contributed by atoms with van der Waals surface area (Å²) in [5, 5.41) is 22.4. The Kier molecular flexibility index (Phi) is 4.10. The van der Waals surface area contributed by atoms with Crippen LogP contribution in [0.5, 0.6) is 0 Å². The predicted molar refractivity (Wildman–Crippen MR) is 89.5 cm³/mol. The Bertz CT molecular complexity index is 742. The van der Waals surface area contributed by atoms with Gasteiger partial charge in [0.15, 0.2) is 0 Å². The van der Waals surface area contributed by atoms with E-state index < -0.39 is 11.7 Å². The fraction of sp³-hybridized carbons (Fsp3) is 0.105. The molecule has 2 N–H and O–H groups in total. The molecule has 0 spiro atoms. The average molecular weight is 306 g/mol. The van der Waals surface area contributed by atoms with E-state index in [-0.39, 0.29) is 0 Å². The minimum atomic E-state index is -1.62. The molecule has 116 valence electrons. The van der Waals surface area contributed by atoms with Crippen LogP contribution in [-0.4, -0.2) is 19.8 Å². The van der Waals surface area contributed by atoms with Gasteiger partial charge in [-0.2, -0.15) is 0 Å². The summed E-state index contributed by atoms with van der Waals surface area (Å²) in [6.45, 7) is 3.70. The summed E-state index contributed by atoms with van der Waals surface area (Å²) in [6.07, 6.45) is 3.54. The number of hydrogen-bond donors (Lipinski definition) is 2. The van der Waals surface area contributed by atoms with Gasteiger partial charge >= 0.3 is 0 Å². The van der Waals surface area contributed by atoms with Crippen LogP contribution in [0.15, 0.2) is 79.6 Å². The topological polar surface area (TPSA) is 58.3 Å². The van der Waals surface area contributed by atoms with E-state index in [9.17, 15) is 10.2 Å². The second-order valence-corrected chi connectivity index (χ2v) is 5.28. The third-order valence-electron chi connectivity index (χ3n) is 3.96. The van der Waals surface area contributed by atoms with E-state index in [1.165, 1.54) is 0 Å². The number of nitrogens with zero attached hydrogens (tertiary/aromatic N) is 2. The van der Waals surface area contributed by atoms with Crippen LogP contribution < -0.4 is 0 Å². The second-order valence-electron chi connectivity index (χ2n) is 5.28. The van der Waals surface area contributed by atoms with Crippen molar-refractivity contribution in [3.8, 4) is 0 Å². The van der Waals surface area contributed by atoms with E-state index in [0.717, 1.165) is 0 Å². The molecular formula is C19H18N2O2. The smallest absolute Gasteiger partial charge is 0.149 e. The largest absolute Gasteiger partial charge is 0.381 e. The lowest BCUT2D eigenvalue weighted by atomic mass is 9.81. The van der Waals surface area contributed by atoms with Gasteiger partial charge in [-0.1, -0.05) is 67.2 Å². The Morgan fingerprint density at radius 3 is 2.00 bits per heavy atom. The van der Waals surface area contributed by atoms with Crippen molar-refractivity contribution >= 4 is 6.20 Å². The molecule has 1 aromatic heterocycles. The normalized spacial score (nSPS) is 12.8. The maximum Gasteiger partial charge on any atom is 0.149 e. The summed E-state index contributed by atoms with van der Waals surface area (Å²) < 4.78 is 1.60. The minimum absolute atomic E-state index is 0.329. The van der Waals surface area contributed by atoms with Gasteiger partial charge in [-0.25, -0.2) is 4.98 Å². The number of hydrogen-bond acceptors (Lipinski definition) is 3. The number of rotatable bonds is 5. The molecule has 1 heterocycles. The molecule has 23 heavy (non-hydrogen) atoms. The Balaban J connectivity index is 2.19. The lowest BCUT2D eigenvalue weighted by Crippen LogP contribution is -2.36. The van der Waals surface area contributed by atoms with Crippen LogP contribution in [0.1, 0.15) is 23.1 Å². The molecule has 0 aliphatic heterocycles. The molecule has 4 heteroatoms. The highest BCUT2D eigenvalue weighted by atomic mass is 16.3. The summed E-state index contributed by atoms with van der Waals surface area (Å²) in [7, 11) is 0. The first-order chi connectivity index (χ1) is 11.2. The van der Waals surface area contributed by atoms with Gasteiger partial charge in [-0.3, -0.25) is 0 Å². The standard InChI is InChI=1S/C19H18N2O2/c1-2-21-14-13-20-18(21)17(22)19(23,15-9-5-3-6-10-15)16-11-7-4-8-12-16/h2-14,17,22-23H,1H2. The molecule has 2 aromatic carbocycles. The lowest BCUT2D eigenvalue weighted by molar-refractivity contribution is -0.0565. The van der Waals surface area contributed by atoms with E-state index in [0.29, 0.717) is 17.0 Å². The molecule has 0 bridgehead atoms. The monoisotopic (exact) mass is 306 g/mol. The zero-order valence-corrected chi connectivity index (χ0v) is 12.6. The number of aliphatic hydroxyl groups is 2. The quantitative estimate of drug-likeness (QED) is 0.762. The second kappa shape index (κ2) is 6.20. The minimum Gasteiger partial charge on any atom is -0.381 e. The van der Waals surface area contributed by atoms with Crippen molar-refractivity contribution in [1.29, 1.82) is 0 Å². The highest BCUT2D eigenvalue weighted by Crippen LogP contribution is 2.40. The summed E-state index contributed by atoms with van der Waals surface area (Å²) in [5.41, 5.74) is -0.427. The summed E-state index contributed by atoms with van der Waals surface area (Å²) >= 11 is 0. The Labute approximate surface area is 135 Å². The highest BCUT2D eigenvalue weighted by molar-refractivity contribution is 5.39. The van der Waals surface area contributed by atoms with Crippen molar-refractivity contribution in [3.05, 3.63) is 96.6 Å². The van der Waals surface area contributed by atoms with Crippen LogP contribution in [0.2, 0.25) is 0 Å². The highest BCUT2D eigenvalue weighted by Gasteiger charge is 2.42. The molecule has 0 aliphatic carbocycles. The molecule has 3 aromatic rings. The van der Waals surface area contributed by atoms with E-state index in [1.807, 2.05) is 36.4 Å². The third-order valence-corrected chi connectivity index (χ3v) is 3.96. The average Bonchev–Trinajstić information content (AvgIpc) is 3.10. The molecule has 0 saturated heterocycles. The van der Waals surface area contributed by atoms with E-state index in [4.69, 9.17) is 0 Å². The van der Waals surface area contributed by atoms with Crippen LogP contribution >= 0.6 is 0 Å². The summed E-state index contributed by atoms with van der Waals surface area (Å²) in [5.74, 6) is 0.329. The van der Waals surface area contributed by atoms with Gasteiger partial charge in [0, 0.05) is 18.6 Å². The Morgan fingerprint density at radius 2 is 1.52 bits per heavy atom. The van der Waals surface area contributed by atoms with Crippen LogP contribution in [0.3, 0.4) is 0 Å². The molecule has 0 saturated carbocycles.